The molecule has 1 atom stereocenters. The zero-order valence-electron chi connectivity index (χ0n) is 10.9. The highest BCUT2D eigenvalue weighted by Crippen LogP contribution is 2.64. The second kappa shape index (κ2) is 7.83. The second-order valence-electron chi connectivity index (χ2n) is 3.83. The Kier molecular flexibility index (Phi) is 7.64. The maximum Gasteiger partial charge on any atom is 0.327 e. The summed E-state index contributed by atoms with van der Waals surface area (Å²) < 4.78 is 23.6. The van der Waals surface area contributed by atoms with Gasteiger partial charge in [-0.15, -0.1) is 19.7 Å². The number of hydrogen-bond acceptors (Lipinski definition) is 3. The van der Waals surface area contributed by atoms with Gasteiger partial charge in [0.2, 0.25) is 0 Å². The van der Waals surface area contributed by atoms with Crippen LogP contribution in [0.2, 0.25) is 0 Å². The van der Waals surface area contributed by atoms with Gasteiger partial charge in [-0.3, -0.25) is 4.57 Å². The molecule has 0 aromatic heterocycles. The topological polar surface area (TPSA) is 35.5 Å². The summed E-state index contributed by atoms with van der Waals surface area (Å²) in [5.41, 5.74) is 0. The Balaban J connectivity index is 5.32. The second-order valence-corrected chi connectivity index (χ2v) is 7.49. The van der Waals surface area contributed by atoms with Gasteiger partial charge >= 0.3 is 7.60 Å². The zero-order valence-corrected chi connectivity index (χ0v) is 13.7. The van der Waals surface area contributed by atoms with Gasteiger partial charge in [0.05, 0.1) is 11.8 Å². The van der Waals surface area contributed by atoms with Crippen molar-refractivity contribution in [2.45, 2.75) is 31.3 Å². The van der Waals surface area contributed by atoms with Crippen molar-refractivity contribution in [2.75, 3.05) is 6.61 Å². The third-order valence-corrected chi connectivity index (χ3v) is 7.15. The zero-order chi connectivity index (χ0) is 13.4. The Hall–Kier alpha value is -0.413. The highest BCUT2D eigenvalue weighted by molar-refractivity contribution is 7.56. The van der Waals surface area contributed by atoms with Crippen molar-refractivity contribution in [3.05, 3.63) is 38.0 Å². The molecule has 0 fully saturated rings. The predicted molar refractivity (Wildman–Crippen MR) is 77.4 cm³/mol. The first-order valence-corrected chi connectivity index (χ1v) is 8.04. The molecule has 0 aliphatic carbocycles. The van der Waals surface area contributed by atoms with E-state index >= 15 is 0 Å². The van der Waals surface area contributed by atoms with Crippen molar-refractivity contribution in [2.24, 2.45) is 0 Å². The Morgan fingerprint density at radius 2 is 1.76 bits per heavy atom. The van der Waals surface area contributed by atoms with E-state index in [1.165, 1.54) is 0 Å². The van der Waals surface area contributed by atoms with Crippen molar-refractivity contribution in [3.63, 3.8) is 0 Å². The van der Waals surface area contributed by atoms with E-state index in [0.29, 0.717) is 29.7 Å². The molecule has 98 valence electrons. The van der Waals surface area contributed by atoms with E-state index in [2.05, 4.69) is 19.7 Å². The van der Waals surface area contributed by atoms with Crippen molar-refractivity contribution >= 4 is 18.1 Å². The van der Waals surface area contributed by atoms with Gasteiger partial charge < -0.3 is 8.74 Å². The molecular formula is C12H23O3PSi. The van der Waals surface area contributed by atoms with Gasteiger partial charge in [-0.05, 0) is 19.3 Å². The van der Waals surface area contributed by atoms with Crippen molar-refractivity contribution in [1.29, 1.82) is 0 Å². The SMILES string of the molecule is C=CCOP(=O)(O[SiH3])C(CC)(CC=C)CC=C. The quantitative estimate of drug-likeness (QED) is 0.349. The maximum atomic E-state index is 12.8. The van der Waals surface area contributed by atoms with E-state index in [0.717, 1.165) is 0 Å². The summed E-state index contributed by atoms with van der Waals surface area (Å²) in [5.74, 6) is 0. The summed E-state index contributed by atoms with van der Waals surface area (Å²) in [7, 11) is -2.77. The van der Waals surface area contributed by atoms with Gasteiger partial charge in [-0.1, -0.05) is 25.2 Å². The minimum Gasteiger partial charge on any atom is -0.362 e. The molecule has 0 saturated carbocycles. The molecule has 5 heteroatoms. The van der Waals surface area contributed by atoms with E-state index < -0.39 is 12.8 Å². The van der Waals surface area contributed by atoms with Crippen LogP contribution < -0.4 is 0 Å². The van der Waals surface area contributed by atoms with Crippen LogP contribution in [0.25, 0.3) is 0 Å². The number of allylic oxidation sites excluding steroid dienone is 2. The summed E-state index contributed by atoms with van der Waals surface area (Å²) in [4.78, 5) is 0. The largest absolute Gasteiger partial charge is 0.362 e. The van der Waals surface area contributed by atoms with E-state index in [-0.39, 0.29) is 6.61 Å². The molecule has 0 amide bonds. The summed E-state index contributed by atoms with van der Waals surface area (Å²) in [6.07, 6.45) is 6.98. The standard InChI is InChI=1S/C12H23O3PSi/c1-5-9-12(8-4,10-6-2)16(13,15-17)14-11-7-3/h5-7H,1-3,8-11H2,4,17H3. The molecule has 0 heterocycles. The van der Waals surface area contributed by atoms with Crippen LogP contribution in [0.5, 0.6) is 0 Å². The molecule has 17 heavy (non-hydrogen) atoms. The Labute approximate surface area is 108 Å². The number of hydrogen-bond donors (Lipinski definition) is 0. The van der Waals surface area contributed by atoms with E-state index in [4.69, 9.17) is 8.74 Å². The third-order valence-electron chi connectivity index (χ3n) is 2.89. The Morgan fingerprint density at radius 3 is 2.06 bits per heavy atom. The maximum absolute atomic E-state index is 12.8. The van der Waals surface area contributed by atoms with Crippen LogP contribution in [0, 0.1) is 0 Å². The lowest BCUT2D eigenvalue weighted by molar-refractivity contribution is 0.264. The van der Waals surface area contributed by atoms with Crippen LogP contribution in [0.15, 0.2) is 38.0 Å². The van der Waals surface area contributed by atoms with Crippen molar-refractivity contribution in [3.8, 4) is 0 Å². The van der Waals surface area contributed by atoms with Crippen LogP contribution in [0.3, 0.4) is 0 Å². The average Bonchev–Trinajstić information content (AvgIpc) is 2.35. The van der Waals surface area contributed by atoms with Gasteiger partial charge in [-0.2, -0.15) is 0 Å². The summed E-state index contributed by atoms with van der Waals surface area (Å²) in [6, 6.07) is 0. The first-order valence-electron chi connectivity index (χ1n) is 5.69. The van der Waals surface area contributed by atoms with Crippen LogP contribution in [0.4, 0.5) is 0 Å². The minimum absolute atomic E-state index is 0.232. The van der Waals surface area contributed by atoms with E-state index in [1.807, 2.05) is 6.92 Å². The Bertz CT molecular complexity index is 305. The summed E-state index contributed by atoms with van der Waals surface area (Å²) >= 11 is 0. The van der Waals surface area contributed by atoms with Crippen LogP contribution >= 0.6 is 7.60 Å². The van der Waals surface area contributed by atoms with Gasteiger partial charge in [-0.25, -0.2) is 0 Å². The van der Waals surface area contributed by atoms with Gasteiger partial charge in [0.25, 0.3) is 0 Å². The molecule has 0 bridgehead atoms. The molecule has 0 spiro atoms. The van der Waals surface area contributed by atoms with E-state index in [9.17, 15) is 4.57 Å². The third kappa shape index (κ3) is 3.78. The molecule has 0 saturated heterocycles. The fraction of sp³-hybridized carbons (Fsp3) is 0.500. The Morgan fingerprint density at radius 1 is 1.24 bits per heavy atom. The molecule has 0 radical (unpaired) electrons. The molecule has 0 aromatic carbocycles. The molecule has 0 aliphatic rings. The summed E-state index contributed by atoms with van der Waals surface area (Å²) in [6.45, 7) is 13.2. The van der Waals surface area contributed by atoms with Crippen LogP contribution in [0.1, 0.15) is 26.2 Å². The fourth-order valence-electron chi connectivity index (χ4n) is 1.86. The lowest BCUT2D eigenvalue weighted by atomic mass is 9.97. The minimum atomic E-state index is -3.14. The average molecular weight is 274 g/mol. The smallest absolute Gasteiger partial charge is 0.327 e. The number of rotatable bonds is 10. The molecule has 0 N–H and O–H groups in total. The van der Waals surface area contributed by atoms with Crippen molar-refractivity contribution < 1.29 is 13.3 Å². The fourth-order valence-corrected chi connectivity index (χ4v) is 5.50. The van der Waals surface area contributed by atoms with Crippen molar-refractivity contribution in [1.82, 2.24) is 0 Å². The van der Waals surface area contributed by atoms with Gasteiger partial charge in [0.15, 0.2) is 10.5 Å². The first kappa shape index (κ1) is 16.6. The monoisotopic (exact) mass is 274 g/mol. The van der Waals surface area contributed by atoms with Crippen LogP contribution in [-0.2, 0) is 13.3 Å². The molecule has 3 nitrogen and oxygen atoms in total. The lowest BCUT2D eigenvalue weighted by Gasteiger charge is -2.36. The van der Waals surface area contributed by atoms with E-state index in [1.54, 1.807) is 18.2 Å². The predicted octanol–water partition coefficient (Wildman–Crippen LogP) is 2.98. The van der Waals surface area contributed by atoms with Gasteiger partial charge in [0, 0.05) is 0 Å². The van der Waals surface area contributed by atoms with Gasteiger partial charge in [0.1, 0.15) is 0 Å². The lowest BCUT2D eigenvalue weighted by Crippen LogP contribution is -2.29. The first-order chi connectivity index (χ1) is 8.05. The molecule has 0 aromatic rings. The highest BCUT2D eigenvalue weighted by atomic mass is 31.2. The summed E-state index contributed by atoms with van der Waals surface area (Å²) in [5, 5.41) is -0.540. The molecule has 1 unspecified atom stereocenters. The van der Waals surface area contributed by atoms with Crippen LogP contribution in [-0.4, -0.2) is 22.2 Å². The molecule has 0 aliphatic heterocycles. The molecule has 0 rings (SSSR count). The molecular weight excluding hydrogens is 251 g/mol. The normalized spacial score (nSPS) is 15.1. The highest BCUT2D eigenvalue weighted by Gasteiger charge is 2.46.